The highest BCUT2D eigenvalue weighted by molar-refractivity contribution is 8.13. The molecule has 80 valence electrons. The van der Waals surface area contributed by atoms with Crippen LogP contribution in [0.1, 0.15) is 11.1 Å². The zero-order valence-electron chi connectivity index (χ0n) is 8.53. The zero-order chi connectivity index (χ0) is 11.3. The molecule has 0 fully saturated rings. The SMILES string of the molecule is Cc1cccc(CSC(=N)N=C(N)N)c1. The maximum atomic E-state index is 7.44. The number of guanidine groups is 1. The highest BCUT2D eigenvalue weighted by atomic mass is 32.2. The summed E-state index contributed by atoms with van der Waals surface area (Å²) in [5.74, 6) is 0.633. The molecule has 0 heterocycles. The first-order valence-electron chi connectivity index (χ1n) is 4.44. The lowest BCUT2D eigenvalue weighted by atomic mass is 10.2. The van der Waals surface area contributed by atoms with Crippen molar-refractivity contribution >= 4 is 22.9 Å². The van der Waals surface area contributed by atoms with Gasteiger partial charge in [0.05, 0.1) is 0 Å². The summed E-state index contributed by atoms with van der Waals surface area (Å²) in [5.41, 5.74) is 12.7. The van der Waals surface area contributed by atoms with E-state index in [9.17, 15) is 0 Å². The molecule has 0 radical (unpaired) electrons. The van der Waals surface area contributed by atoms with Crippen LogP contribution in [0.3, 0.4) is 0 Å². The van der Waals surface area contributed by atoms with Crippen LogP contribution in [0, 0.1) is 12.3 Å². The summed E-state index contributed by atoms with van der Waals surface area (Å²) in [7, 11) is 0. The smallest absolute Gasteiger partial charge is 0.193 e. The van der Waals surface area contributed by atoms with Gasteiger partial charge < -0.3 is 11.5 Å². The molecule has 1 aromatic carbocycles. The molecule has 0 atom stereocenters. The summed E-state index contributed by atoms with van der Waals surface area (Å²) in [6, 6.07) is 8.13. The van der Waals surface area contributed by atoms with Gasteiger partial charge in [-0.25, -0.2) is 0 Å². The standard InChI is InChI=1S/C10H14N4S/c1-7-3-2-4-8(5-7)6-15-10(13)14-9(11)12/h2-5H,6H2,1H3,(H5,11,12,13,14). The van der Waals surface area contributed by atoms with Gasteiger partial charge in [0.1, 0.15) is 0 Å². The molecule has 1 aromatic rings. The molecule has 0 aliphatic heterocycles. The number of amidine groups is 1. The lowest BCUT2D eigenvalue weighted by molar-refractivity contribution is 1.35. The van der Waals surface area contributed by atoms with Gasteiger partial charge in [0.15, 0.2) is 11.1 Å². The molecule has 0 aliphatic carbocycles. The van der Waals surface area contributed by atoms with Gasteiger partial charge in [0.2, 0.25) is 0 Å². The lowest BCUT2D eigenvalue weighted by Crippen LogP contribution is -2.23. The van der Waals surface area contributed by atoms with E-state index < -0.39 is 0 Å². The predicted octanol–water partition coefficient (Wildman–Crippen LogP) is 1.44. The van der Waals surface area contributed by atoms with Crippen molar-refractivity contribution in [3.63, 3.8) is 0 Å². The average Bonchev–Trinajstić information content (AvgIpc) is 2.14. The van der Waals surface area contributed by atoms with Gasteiger partial charge in [-0.15, -0.1) is 0 Å². The van der Waals surface area contributed by atoms with Crippen LogP contribution in [0.15, 0.2) is 29.3 Å². The second kappa shape index (κ2) is 5.41. The molecule has 1 rings (SSSR count). The normalized spacial score (nSPS) is 9.67. The minimum absolute atomic E-state index is 0.0725. The van der Waals surface area contributed by atoms with Crippen LogP contribution in [-0.4, -0.2) is 11.1 Å². The van der Waals surface area contributed by atoms with Crippen LogP contribution in [0.2, 0.25) is 0 Å². The van der Waals surface area contributed by atoms with Crippen LogP contribution in [0.4, 0.5) is 0 Å². The van der Waals surface area contributed by atoms with E-state index in [1.54, 1.807) is 0 Å². The highest BCUT2D eigenvalue weighted by Crippen LogP contribution is 2.14. The van der Waals surface area contributed by atoms with Crippen molar-refractivity contribution in [3.05, 3.63) is 35.4 Å². The van der Waals surface area contributed by atoms with Gasteiger partial charge in [0, 0.05) is 5.75 Å². The fourth-order valence-corrected chi connectivity index (χ4v) is 1.76. The predicted molar refractivity (Wildman–Crippen MR) is 66.0 cm³/mol. The summed E-state index contributed by atoms with van der Waals surface area (Å²) in [4.78, 5) is 3.63. The summed E-state index contributed by atoms with van der Waals surface area (Å²) in [5, 5.41) is 7.57. The summed E-state index contributed by atoms with van der Waals surface area (Å²) < 4.78 is 0. The number of hydrogen-bond acceptors (Lipinski definition) is 2. The van der Waals surface area contributed by atoms with Gasteiger partial charge >= 0.3 is 0 Å². The second-order valence-corrected chi connectivity index (χ2v) is 4.08. The topological polar surface area (TPSA) is 88.2 Å². The number of nitrogens with one attached hydrogen (secondary N) is 1. The number of thioether (sulfide) groups is 1. The van der Waals surface area contributed by atoms with Crippen molar-refractivity contribution in [2.75, 3.05) is 0 Å². The third-order valence-electron chi connectivity index (χ3n) is 1.69. The quantitative estimate of drug-likeness (QED) is 0.522. The minimum Gasteiger partial charge on any atom is -0.370 e. The number of nitrogens with two attached hydrogens (primary N) is 2. The molecule has 0 aliphatic rings. The number of nitrogens with zero attached hydrogens (tertiary/aromatic N) is 1. The molecule has 0 amide bonds. The van der Waals surface area contributed by atoms with Crippen molar-refractivity contribution < 1.29 is 0 Å². The van der Waals surface area contributed by atoms with Crippen LogP contribution in [0.25, 0.3) is 0 Å². The maximum absolute atomic E-state index is 7.44. The molecule has 0 saturated carbocycles. The third-order valence-corrected chi connectivity index (χ3v) is 2.53. The molecular weight excluding hydrogens is 208 g/mol. The Balaban J connectivity index is 2.51. The van der Waals surface area contributed by atoms with Crippen LogP contribution >= 0.6 is 11.8 Å². The summed E-state index contributed by atoms with van der Waals surface area (Å²) >= 11 is 1.30. The van der Waals surface area contributed by atoms with Crippen molar-refractivity contribution in [1.82, 2.24) is 0 Å². The van der Waals surface area contributed by atoms with Crippen molar-refractivity contribution in [2.24, 2.45) is 16.5 Å². The van der Waals surface area contributed by atoms with Crippen molar-refractivity contribution in [2.45, 2.75) is 12.7 Å². The van der Waals surface area contributed by atoms with Gasteiger partial charge in [-0.05, 0) is 12.5 Å². The molecule has 15 heavy (non-hydrogen) atoms. The van der Waals surface area contributed by atoms with Crippen molar-refractivity contribution in [3.8, 4) is 0 Å². The Hall–Kier alpha value is -1.49. The molecule has 0 spiro atoms. The molecule has 5 heteroatoms. The Labute approximate surface area is 93.3 Å². The van der Waals surface area contributed by atoms with Crippen LogP contribution < -0.4 is 11.5 Å². The Morgan fingerprint density at radius 3 is 2.80 bits per heavy atom. The first-order chi connectivity index (χ1) is 7.08. The molecule has 0 bridgehead atoms. The number of hydrogen-bond donors (Lipinski definition) is 3. The Kier molecular flexibility index (Phi) is 4.17. The fourth-order valence-electron chi connectivity index (χ4n) is 1.10. The minimum atomic E-state index is -0.0725. The summed E-state index contributed by atoms with van der Waals surface area (Å²) in [6.07, 6.45) is 0. The Morgan fingerprint density at radius 1 is 1.47 bits per heavy atom. The number of aryl methyl sites for hydroxylation is 1. The monoisotopic (exact) mass is 222 g/mol. The van der Waals surface area contributed by atoms with Gasteiger partial charge in [-0.1, -0.05) is 41.6 Å². The average molecular weight is 222 g/mol. The molecule has 0 unspecified atom stereocenters. The maximum Gasteiger partial charge on any atom is 0.193 e. The first kappa shape index (κ1) is 11.6. The van der Waals surface area contributed by atoms with Crippen LogP contribution in [0.5, 0.6) is 0 Å². The molecule has 0 saturated heterocycles. The van der Waals surface area contributed by atoms with E-state index in [2.05, 4.69) is 11.1 Å². The number of rotatable bonds is 2. The van der Waals surface area contributed by atoms with E-state index in [4.69, 9.17) is 16.9 Å². The molecule has 0 aromatic heterocycles. The van der Waals surface area contributed by atoms with Gasteiger partial charge in [-0.2, -0.15) is 4.99 Å². The summed E-state index contributed by atoms with van der Waals surface area (Å²) in [6.45, 7) is 2.04. The Bertz CT molecular complexity index is 383. The Morgan fingerprint density at radius 2 is 2.20 bits per heavy atom. The van der Waals surface area contributed by atoms with Crippen LogP contribution in [-0.2, 0) is 5.75 Å². The van der Waals surface area contributed by atoms with Crippen molar-refractivity contribution in [1.29, 1.82) is 5.41 Å². The highest BCUT2D eigenvalue weighted by Gasteiger charge is 1.98. The van der Waals surface area contributed by atoms with E-state index in [1.807, 2.05) is 25.1 Å². The number of aliphatic imine (C=N–C) groups is 1. The van der Waals surface area contributed by atoms with E-state index in [1.165, 1.54) is 17.3 Å². The number of benzene rings is 1. The largest absolute Gasteiger partial charge is 0.370 e. The van der Waals surface area contributed by atoms with E-state index in [0.717, 1.165) is 5.56 Å². The zero-order valence-corrected chi connectivity index (χ0v) is 9.34. The van der Waals surface area contributed by atoms with Gasteiger partial charge in [0.25, 0.3) is 0 Å². The molecular formula is C10H14N4S. The van der Waals surface area contributed by atoms with E-state index in [-0.39, 0.29) is 11.1 Å². The van der Waals surface area contributed by atoms with E-state index >= 15 is 0 Å². The third kappa shape index (κ3) is 4.51. The van der Waals surface area contributed by atoms with E-state index in [0.29, 0.717) is 5.75 Å². The second-order valence-electron chi connectivity index (χ2n) is 3.12. The lowest BCUT2D eigenvalue weighted by Gasteiger charge is -2.01. The molecule has 4 nitrogen and oxygen atoms in total. The fraction of sp³-hybridized carbons (Fsp3) is 0.200. The molecule has 5 N–H and O–H groups in total. The first-order valence-corrected chi connectivity index (χ1v) is 5.43. The van der Waals surface area contributed by atoms with Gasteiger partial charge in [-0.3, -0.25) is 5.41 Å².